The third kappa shape index (κ3) is 19.9. The Hall–Kier alpha value is -4.16. The number of esters is 1. The SMILES string of the molecule is CCCCCCCCCCCCCCCCCCCC(=O)NCCCC[C@H](NC(=O)[C@]1(C)COC(c2ccccc2O)=N1)C(=O)O[C@H](C)CC(=O)N[C@H]1CCCCNC1=O. The first-order valence-electron chi connectivity index (χ1n) is 23.4. The summed E-state index contributed by atoms with van der Waals surface area (Å²) in [5, 5.41) is 21.6. The number of ether oxygens (including phenoxy) is 2. The van der Waals surface area contributed by atoms with E-state index in [0.717, 1.165) is 32.1 Å². The van der Waals surface area contributed by atoms with Gasteiger partial charge in [-0.25, -0.2) is 9.79 Å². The van der Waals surface area contributed by atoms with Crippen LogP contribution in [0.3, 0.4) is 0 Å². The fourth-order valence-electron chi connectivity index (χ4n) is 7.68. The molecular formula is C47H77N5O8. The Bertz CT molecular complexity index is 1490. The maximum Gasteiger partial charge on any atom is 0.328 e. The van der Waals surface area contributed by atoms with E-state index in [4.69, 9.17) is 9.47 Å². The molecule has 338 valence electrons. The molecule has 0 saturated carbocycles. The highest BCUT2D eigenvalue weighted by molar-refractivity contribution is 6.02. The number of hydrogen-bond donors (Lipinski definition) is 5. The van der Waals surface area contributed by atoms with Gasteiger partial charge in [0, 0.05) is 19.5 Å². The minimum atomic E-state index is -1.37. The van der Waals surface area contributed by atoms with Crippen LogP contribution >= 0.6 is 0 Å². The molecule has 60 heavy (non-hydrogen) atoms. The number of aliphatic imine (C=N–C) groups is 1. The molecule has 4 atom stereocenters. The Labute approximate surface area is 359 Å². The number of nitrogens with one attached hydrogen (secondary N) is 4. The molecular weight excluding hydrogens is 763 g/mol. The number of carbonyl (C=O) groups excluding carboxylic acids is 5. The molecule has 0 bridgehead atoms. The molecule has 5 N–H and O–H groups in total. The van der Waals surface area contributed by atoms with Crippen molar-refractivity contribution in [1.29, 1.82) is 0 Å². The van der Waals surface area contributed by atoms with Gasteiger partial charge in [0.05, 0.1) is 12.0 Å². The summed E-state index contributed by atoms with van der Waals surface area (Å²) in [6.07, 6.45) is 25.0. The van der Waals surface area contributed by atoms with E-state index in [9.17, 15) is 29.1 Å². The third-order valence-electron chi connectivity index (χ3n) is 11.5. The van der Waals surface area contributed by atoms with Crippen LogP contribution in [0, 0.1) is 0 Å². The molecule has 1 saturated heterocycles. The number of amides is 4. The van der Waals surface area contributed by atoms with Crippen molar-refractivity contribution < 1.29 is 38.6 Å². The lowest BCUT2D eigenvalue weighted by atomic mass is 10.0. The predicted octanol–water partition coefficient (Wildman–Crippen LogP) is 7.85. The van der Waals surface area contributed by atoms with Gasteiger partial charge in [-0.3, -0.25) is 19.2 Å². The van der Waals surface area contributed by atoms with E-state index < -0.39 is 41.5 Å². The standard InChI is InChI=1S/C47H77N5O8/c1-4-5-6-7-8-9-10-11-12-13-14-15-16-17-18-19-20-31-41(54)48-32-25-24-29-39(45(57)60-36(2)34-42(55)50-38-28-23-26-33-49-43(38)56)51-46(58)47(3)35-59-44(52-47)37-27-21-22-30-40(37)53/h21-22,27,30,36,38-39,53H,4-20,23-26,28-29,31-35H2,1-3H3,(H,48,54)(H,49,56)(H,50,55)(H,51,58)/t36-,38+,39+,47+/m1/s1. The summed E-state index contributed by atoms with van der Waals surface area (Å²) >= 11 is 0. The molecule has 0 radical (unpaired) electrons. The second-order valence-corrected chi connectivity index (χ2v) is 17.1. The fourth-order valence-corrected chi connectivity index (χ4v) is 7.68. The molecule has 2 aliphatic heterocycles. The maximum atomic E-state index is 13.6. The van der Waals surface area contributed by atoms with E-state index in [1.807, 2.05) is 0 Å². The molecule has 0 aliphatic carbocycles. The molecule has 3 rings (SSSR count). The van der Waals surface area contributed by atoms with Crippen LogP contribution in [-0.4, -0.2) is 84.0 Å². The van der Waals surface area contributed by atoms with Crippen LogP contribution < -0.4 is 21.3 Å². The van der Waals surface area contributed by atoms with Crippen molar-refractivity contribution in [3.05, 3.63) is 29.8 Å². The highest BCUT2D eigenvalue weighted by Crippen LogP contribution is 2.26. The van der Waals surface area contributed by atoms with Crippen molar-refractivity contribution in [3.63, 3.8) is 0 Å². The summed E-state index contributed by atoms with van der Waals surface area (Å²) in [6, 6.07) is 4.84. The van der Waals surface area contributed by atoms with Crippen molar-refractivity contribution in [1.82, 2.24) is 21.3 Å². The van der Waals surface area contributed by atoms with Crippen LogP contribution in [0.2, 0.25) is 0 Å². The number of carbonyl (C=O) groups is 5. The highest BCUT2D eigenvalue weighted by Gasteiger charge is 2.42. The number of benzene rings is 1. The number of unbranched alkanes of at least 4 members (excludes halogenated alkanes) is 17. The average molecular weight is 840 g/mol. The summed E-state index contributed by atoms with van der Waals surface area (Å²) in [6.45, 7) is 6.37. The van der Waals surface area contributed by atoms with Crippen LogP contribution in [0.25, 0.3) is 0 Å². The third-order valence-corrected chi connectivity index (χ3v) is 11.5. The van der Waals surface area contributed by atoms with Gasteiger partial charge in [-0.15, -0.1) is 0 Å². The van der Waals surface area contributed by atoms with Gasteiger partial charge in [-0.1, -0.05) is 122 Å². The van der Waals surface area contributed by atoms with E-state index >= 15 is 0 Å². The summed E-state index contributed by atoms with van der Waals surface area (Å²) in [4.78, 5) is 69.2. The molecule has 1 aromatic rings. The smallest absolute Gasteiger partial charge is 0.328 e. The highest BCUT2D eigenvalue weighted by atomic mass is 16.5. The monoisotopic (exact) mass is 840 g/mol. The van der Waals surface area contributed by atoms with Gasteiger partial charge >= 0.3 is 5.97 Å². The Balaban J connectivity index is 1.36. The van der Waals surface area contributed by atoms with E-state index in [1.165, 1.54) is 96.0 Å². The Morgan fingerprint density at radius 2 is 1.48 bits per heavy atom. The number of para-hydroxylation sites is 1. The predicted molar refractivity (Wildman–Crippen MR) is 236 cm³/mol. The lowest BCUT2D eigenvalue weighted by Crippen LogP contribution is -2.51. The van der Waals surface area contributed by atoms with Crippen molar-refractivity contribution in [2.45, 2.75) is 205 Å². The minimum absolute atomic E-state index is 0.0148. The fraction of sp³-hybridized carbons (Fsp3) is 0.745. The van der Waals surface area contributed by atoms with Crippen LogP contribution in [0.5, 0.6) is 5.75 Å². The summed E-state index contributed by atoms with van der Waals surface area (Å²) < 4.78 is 11.4. The van der Waals surface area contributed by atoms with Crippen LogP contribution in [0.4, 0.5) is 0 Å². The van der Waals surface area contributed by atoms with Gasteiger partial charge in [0.2, 0.25) is 23.6 Å². The zero-order valence-corrected chi connectivity index (χ0v) is 37.1. The van der Waals surface area contributed by atoms with E-state index in [1.54, 1.807) is 32.0 Å². The largest absolute Gasteiger partial charge is 0.507 e. The molecule has 0 aromatic heterocycles. The zero-order chi connectivity index (χ0) is 43.4. The number of phenols is 1. The number of aromatic hydroxyl groups is 1. The first-order chi connectivity index (χ1) is 29.0. The molecule has 13 heteroatoms. The van der Waals surface area contributed by atoms with Gasteiger partial charge in [0.15, 0.2) is 5.54 Å². The normalized spacial score (nSPS) is 18.6. The van der Waals surface area contributed by atoms with Gasteiger partial charge in [-0.2, -0.15) is 0 Å². The van der Waals surface area contributed by atoms with E-state index in [0.29, 0.717) is 44.3 Å². The van der Waals surface area contributed by atoms with Crippen LogP contribution in [-0.2, 0) is 33.4 Å². The second kappa shape index (κ2) is 29.2. The zero-order valence-electron chi connectivity index (χ0n) is 37.1. The van der Waals surface area contributed by atoms with Crippen molar-refractivity contribution in [3.8, 4) is 5.75 Å². The van der Waals surface area contributed by atoms with Gasteiger partial charge < -0.3 is 35.8 Å². The molecule has 1 fully saturated rings. The molecule has 1 aromatic carbocycles. The summed E-state index contributed by atoms with van der Waals surface area (Å²) in [5.74, 6) is -1.79. The maximum absolute atomic E-state index is 13.6. The first kappa shape index (κ1) is 50.2. The van der Waals surface area contributed by atoms with Crippen LogP contribution in [0.1, 0.15) is 187 Å². The van der Waals surface area contributed by atoms with E-state index in [-0.39, 0.29) is 42.9 Å². The molecule has 0 unspecified atom stereocenters. The lowest BCUT2D eigenvalue weighted by Gasteiger charge is -2.24. The van der Waals surface area contributed by atoms with Gasteiger partial charge in [-0.05, 0) is 70.9 Å². The van der Waals surface area contributed by atoms with Gasteiger partial charge in [0.1, 0.15) is 30.5 Å². The van der Waals surface area contributed by atoms with Crippen molar-refractivity contribution >= 4 is 35.5 Å². The summed E-state index contributed by atoms with van der Waals surface area (Å²) in [5.41, 5.74) is -1.02. The van der Waals surface area contributed by atoms with Crippen molar-refractivity contribution in [2.75, 3.05) is 19.7 Å². The van der Waals surface area contributed by atoms with Gasteiger partial charge in [0.25, 0.3) is 5.91 Å². The molecule has 2 aliphatic rings. The summed E-state index contributed by atoms with van der Waals surface area (Å²) in [7, 11) is 0. The average Bonchev–Trinajstić information content (AvgIpc) is 3.52. The minimum Gasteiger partial charge on any atom is -0.507 e. The number of hydrogen-bond acceptors (Lipinski definition) is 9. The number of rotatable bonds is 31. The lowest BCUT2D eigenvalue weighted by molar-refractivity contribution is -0.154. The van der Waals surface area contributed by atoms with E-state index in [2.05, 4.69) is 33.2 Å². The molecule has 2 heterocycles. The quantitative estimate of drug-likeness (QED) is 0.0370. The molecule has 13 nitrogen and oxygen atoms in total. The Morgan fingerprint density at radius 1 is 0.867 bits per heavy atom. The molecule has 0 spiro atoms. The second-order valence-electron chi connectivity index (χ2n) is 17.1. The number of phenolic OH excluding ortho intramolecular Hbond substituents is 1. The number of nitrogens with zero attached hydrogens (tertiary/aromatic N) is 1. The topological polar surface area (TPSA) is 185 Å². The Kier molecular flexibility index (Phi) is 24.4. The molecule has 4 amide bonds. The Morgan fingerprint density at radius 3 is 2.12 bits per heavy atom. The van der Waals surface area contributed by atoms with Crippen molar-refractivity contribution in [2.24, 2.45) is 4.99 Å². The first-order valence-corrected chi connectivity index (χ1v) is 23.4. The van der Waals surface area contributed by atoms with Crippen LogP contribution in [0.15, 0.2) is 29.3 Å².